The summed E-state index contributed by atoms with van der Waals surface area (Å²) < 4.78 is 0. The minimum Gasteiger partial charge on any atom is -0.363 e. The highest BCUT2D eigenvalue weighted by Crippen LogP contribution is 2.23. The van der Waals surface area contributed by atoms with E-state index in [-0.39, 0.29) is 0 Å². The summed E-state index contributed by atoms with van der Waals surface area (Å²) >= 11 is 0. The molecule has 0 aliphatic heterocycles. The molecule has 0 atom stereocenters. The van der Waals surface area contributed by atoms with E-state index in [4.69, 9.17) is 0 Å². The van der Waals surface area contributed by atoms with Crippen molar-refractivity contribution in [2.45, 2.75) is 26.9 Å². The molecule has 0 saturated carbocycles. The van der Waals surface area contributed by atoms with Gasteiger partial charge in [0.25, 0.3) is 0 Å². The first-order valence-corrected chi connectivity index (χ1v) is 8.12. The number of benzene rings is 3. The van der Waals surface area contributed by atoms with E-state index in [1.54, 1.807) is 0 Å². The van der Waals surface area contributed by atoms with Gasteiger partial charge in [-0.05, 0) is 48.2 Å². The molecule has 116 valence electrons. The van der Waals surface area contributed by atoms with Gasteiger partial charge in [0.1, 0.15) is 0 Å². The van der Waals surface area contributed by atoms with Gasteiger partial charge in [-0.3, -0.25) is 0 Å². The van der Waals surface area contributed by atoms with Crippen molar-refractivity contribution in [2.24, 2.45) is 0 Å². The molecule has 0 heterocycles. The van der Waals surface area contributed by atoms with E-state index in [0.717, 1.165) is 13.1 Å². The smallest absolute Gasteiger partial charge is 0.0433 e. The van der Waals surface area contributed by atoms with Gasteiger partial charge in [0, 0.05) is 18.8 Å². The number of aryl methyl sites for hydroxylation is 2. The predicted octanol–water partition coefficient (Wildman–Crippen LogP) is 5.51. The minimum absolute atomic E-state index is 0.915. The Kier molecular flexibility index (Phi) is 4.77. The van der Waals surface area contributed by atoms with Gasteiger partial charge in [-0.1, -0.05) is 66.7 Å². The lowest BCUT2D eigenvalue weighted by molar-refractivity contribution is 0.799. The Labute approximate surface area is 139 Å². The van der Waals surface area contributed by atoms with E-state index in [0.29, 0.717) is 0 Å². The standard InChI is InChI=1S/C22H23N/c1-18-13-19(2)15-22(14-18)23(16-20-9-5-3-6-10-20)17-21-11-7-4-8-12-21/h3-15H,16-17H2,1-2H3. The number of nitrogens with zero attached hydrogens (tertiary/aromatic N) is 1. The third-order valence-electron chi connectivity index (χ3n) is 4.00. The van der Waals surface area contributed by atoms with Crippen LogP contribution in [0.4, 0.5) is 5.69 Å². The maximum absolute atomic E-state index is 2.45. The average molecular weight is 301 g/mol. The molecule has 0 saturated heterocycles. The first-order chi connectivity index (χ1) is 11.2. The van der Waals surface area contributed by atoms with Crippen LogP contribution in [0.2, 0.25) is 0 Å². The van der Waals surface area contributed by atoms with Crippen LogP contribution in [0.15, 0.2) is 78.9 Å². The van der Waals surface area contributed by atoms with Crippen LogP contribution in [0.3, 0.4) is 0 Å². The Morgan fingerprint density at radius 1 is 0.609 bits per heavy atom. The molecule has 0 radical (unpaired) electrons. The number of anilines is 1. The van der Waals surface area contributed by atoms with Crippen LogP contribution in [0, 0.1) is 13.8 Å². The maximum Gasteiger partial charge on any atom is 0.0433 e. The molecule has 23 heavy (non-hydrogen) atoms. The summed E-state index contributed by atoms with van der Waals surface area (Å²) in [6, 6.07) is 28.1. The molecule has 3 aromatic carbocycles. The molecule has 0 aromatic heterocycles. The zero-order valence-corrected chi connectivity index (χ0v) is 13.9. The van der Waals surface area contributed by atoms with Gasteiger partial charge in [-0.25, -0.2) is 0 Å². The summed E-state index contributed by atoms with van der Waals surface area (Å²) in [5.74, 6) is 0. The molecule has 0 aliphatic rings. The van der Waals surface area contributed by atoms with Crippen LogP contribution in [0.5, 0.6) is 0 Å². The summed E-state index contributed by atoms with van der Waals surface area (Å²) in [5.41, 5.74) is 6.58. The van der Waals surface area contributed by atoms with Crippen LogP contribution in [0.25, 0.3) is 0 Å². The molecule has 0 unspecified atom stereocenters. The predicted molar refractivity (Wildman–Crippen MR) is 98.7 cm³/mol. The van der Waals surface area contributed by atoms with Crippen LogP contribution in [-0.2, 0) is 13.1 Å². The molecule has 0 amide bonds. The zero-order valence-electron chi connectivity index (χ0n) is 13.9. The van der Waals surface area contributed by atoms with Crippen molar-refractivity contribution in [3.8, 4) is 0 Å². The quantitative estimate of drug-likeness (QED) is 0.600. The normalized spacial score (nSPS) is 10.5. The van der Waals surface area contributed by atoms with Gasteiger partial charge in [-0.15, -0.1) is 0 Å². The van der Waals surface area contributed by atoms with Gasteiger partial charge in [0.05, 0.1) is 0 Å². The molecule has 0 bridgehead atoms. The summed E-state index contributed by atoms with van der Waals surface area (Å²) in [5, 5.41) is 0. The maximum atomic E-state index is 2.45. The second-order valence-electron chi connectivity index (χ2n) is 6.17. The fraction of sp³-hybridized carbons (Fsp3) is 0.182. The molecular formula is C22H23N. The Bertz CT molecular complexity index is 686. The monoisotopic (exact) mass is 301 g/mol. The van der Waals surface area contributed by atoms with E-state index < -0.39 is 0 Å². The van der Waals surface area contributed by atoms with E-state index in [1.807, 2.05) is 0 Å². The largest absolute Gasteiger partial charge is 0.363 e. The van der Waals surface area contributed by atoms with Crippen molar-refractivity contribution < 1.29 is 0 Å². The fourth-order valence-electron chi connectivity index (χ4n) is 2.98. The fourth-order valence-corrected chi connectivity index (χ4v) is 2.98. The molecule has 0 spiro atoms. The topological polar surface area (TPSA) is 3.24 Å². The third-order valence-corrected chi connectivity index (χ3v) is 4.00. The van der Waals surface area contributed by atoms with Crippen molar-refractivity contribution in [3.05, 3.63) is 101 Å². The van der Waals surface area contributed by atoms with Crippen molar-refractivity contribution >= 4 is 5.69 Å². The Hall–Kier alpha value is -2.54. The Morgan fingerprint density at radius 3 is 1.48 bits per heavy atom. The van der Waals surface area contributed by atoms with Crippen molar-refractivity contribution in [1.29, 1.82) is 0 Å². The molecule has 1 heteroatoms. The van der Waals surface area contributed by atoms with Crippen LogP contribution in [-0.4, -0.2) is 0 Å². The van der Waals surface area contributed by atoms with Crippen LogP contribution < -0.4 is 4.90 Å². The minimum atomic E-state index is 0.915. The molecule has 0 aliphatic carbocycles. The van der Waals surface area contributed by atoms with Crippen LogP contribution in [0.1, 0.15) is 22.3 Å². The third kappa shape index (κ3) is 4.23. The van der Waals surface area contributed by atoms with E-state index >= 15 is 0 Å². The van der Waals surface area contributed by atoms with Crippen molar-refractivity contribution in [2.75, 3.05) is 4.90 Å². The summed E-state index contributed by atoms with van der Waals surface area (Å²) in [4.78, 5) is 2.45. The Balaban J connectivity index is 1.92. The lowest BCUT2D eigenvalue weighted by Crippen LogP contribution is -2.22. The van der Waals surface area contributed by atoms with E-state index in [1.165, 1.54) is 27.9 Å². The van der Waals surface area contributed by atoms with Crippen molar-refractivity contribution in [3.63, 3.8) is 0 Å². The zero-order chi connectivity index (χ0) is 16.1. The summed E-state index contributed by atoms with van der Waals surface area (Å²) in [6.45, 7) is 6.16. The molecule has 0 N–H and O–H groups in total. The van der Waals surface area contributed by atoms with Gasteiger partial charge in [0.15, 0.2) is 0 Å². The van der Waals surface area contributed by atoms with Gasteiger partial charge in [0.2, 0.25) is 0 Å². The Morgan fingerprint density at radius 2 is 1.04 bits per heavy atom. The van der Waals surface area contributed by atoms with Crippen LogP contribution >= 0.6 is 0 Å². The second kappa shape index (κ2) is 7.15. The molecular weight excluding hydrogens is 278 g/mol. The molecule has 0 fully saturated rings. The van der Waals surface area contributed by atoms with Gasteiger partial charge < -0.3 is 4.90 Å². The first-order valence-electron chi connectivity index (χ1n) is 8.12. The van der Waals surface area contributed by atoms with Crippen molar-refractivity contribution in [1.82, 2.24) is 0 Å². The average Bonchev–Trinajstić information content (AvgIpc) is 2.55. The molecule has 3 rings (SSSR count). The highest BCUT2D eigenvalue weighted by molar-refractivity contribution is 5.52. The SMILES string of the molecule is Cc1cc(C)cc(N(Cc2ccccc2)Cc2ccccc2)c1. The highest BCUT2D eigenvalue weighted by Gasteiger charge is 2.09. The first kappa shape index (κ1) is 15.4. The van der Waals surface area contributed by atoms with Gasteiger partial charge >= 0.3 is 0 Å². The number of hydrogen-bond donors (Lipinski definition) is 0. The van der Waals surface area contributed by atoms with Gasteiger partial charge in [-0.2, -0.15) is 0 Å². The number of rotatable bonds is 5. The molecule has 1 nitrogen and oxygen atoms in total. The number of hydrogen-bond acceptors (Lipinski definition) is 1. The lowest BCUT2D eigenvalue weighted by Gasteiger charge is -2.26. The molecule has 3 aromatic rings. The van der Waals surface area contributed by atoms with E-state index in [9.17, 15) is 0 Å². The lowest BCUT2D eigenvalue weighted by atomic mass is 10.1. The highest BCUT2D eigenvalue weighted by atomic mass is 15.1. The summed E-state index contributed by atoms with van der Waals surface area (Å²) in [7, 11) is 0. The van der Waals surface area contributed by atoms with E-state index in [2.05, 4.69) is 97.6 Å². The summed E-state index contributed by atoms with van der Waals surface area (Å²) in [6.07, 6.45) is 0. The second-order valence-corrected chi connectivity index (χ2v) is 6.17.